The van der Waals surface area contributed by atoms with Crippen molar-refractivity contribution in [3.63, 3.8) is 0 Å². The lowest BCUT2D eigenvalue weighted by molar-refractivity contribution is -0.142. The van der Waals surface area contributed by atoms with Crippen LogP contribution < -0.4 is 22.1 Å². The molecule has 0 saturated carbocycles. The molecule has 0 aromatic rings. The summed E-state index contributed by atoms with van der Waals surface area (Å²) in [6.45, 7) is 4.39. The molecule has 8 nitrogen and oxygen atoms in total. The summed E-state index contributed by atoms with van der Waals surface area (Å²) in [7, 11) is 1.55. The van der Waals surface area contributed by atoms with Gasteiger partial charge in [-0.2, -0.15) is 0 Å². The molecule has 0 bridgehead atoms. The Kier molecular flexibility index (Phi) is 9.11. The molecule has 0 spiro atoms. The van der Waals surface area contributed by atoms with E-state index in [1.807, 2.05) is 13.8 Å². The number of aliphatic carboxylic acids is 1. The zero-order chi connectivity index (χ0) is 16.4. The quantitative estimate of drug-likeness (QED) is 0.215. The smallest absolute Gasteiger partial charge is 0.326 e. The van der Waals surface area contributed by atoms with Gasteiger partial charge in [0, 0.05) is 13.6 Å². The largest absolute Gasteiger partial charge is 0.480 e. The van der Waals surface area contributed by atoms with Crippen LogP contribution in [0.1, 0.15) is 33.1 Å². The van der Waals surface area contributed by atoms with Crippen molar-refractivity contribution >= 4 is 17.8 Å². The molecular weight excluding hydrogens is 274 g/mol. The number of nitrogens with one attached hydrogen (secondary N) is 2. The zero-order valence-corrected chi connectivity index (χ0v) is 12.9. The minimum Gasteiger partial charge on any atom is -0.480 e. The minimum atomic E-state index is -1.07. The van der Waals surface area contributed by atoms with E-state index in [2.05, 4.69) is 15.6 Å². The summed E-state index contributed by atoms with van der Waals surface area (Å²) in [4.78, 5) is 26.7. The van der Waals surface area contributed by atoms with Crippen LogP contribution in [-0.2, 0) is 9.59 Å². The molecule has 0 aliphatic heterocycles. The van der Waals surface area contributed by atoms with Gasteiger partial charge in [0.2, 0.25) is 5.91 Å². The van der Waals surface area contributed by atoms with Crippen molar-refractivity contribution in [3.05, 3.63) is 0 Å². The average molecular weight is 301 g/mol. The summed E-state index contributed by atoms with van der Waals surface area (Å²) in [6.07, 6.45) is 1.34. The molecular formula is C13H27N5O3. The first kappa shape index (κ1) is 19.2. The van der Waals surface area contributed by atoms with Gasteiger partial charge in [-0.3, -0.25) is 9.79 Å². The second-order valence-corrected chi connectivity index (χ2v) is 5.31. The molecule has 0 rings (SSSR count). The lowest BCUT2D eigenvalue weighted by Crippen LogP contribution is -2.49. The highest BCUT2D eigenvalue weighted by atomic mass is 16.4. The topological polar surface area (TPSA) is 143 Å². The molecule has 21 heavy (non-hydrogen) atoms. The number of aliphatic imine (C=N–C) groups is 1. The van der Waals surface area contributed by atoms with Gasteiger partial charge in [0.1, 0.15) is 6.04 Å². The molecule has 8 heteroatoms. The summed E-state index contributed by atoms with van der Waals surface area (Å²) in [5, 5.41) is 14.4. The predicted octanol–water partition coefficient (Wildman–Crippen LogP) is -0.756. The standard InChI is InChI=1S/C13H27N5O3/c1-8(2)7-9(14)11(19)18-10(12(20)21)5-4-6-17-13(15)16-3/h8-10H,4-7,14H2,1-3H3,(H,18,19)(H,20,21)(H3,15,16,17)/t9-,10-/m0/s1. The Hall–Kier alpha value is -1.83. The number of guanidine groups is 1. The number of nitrogens with two attached hydrogens (primary N) is 2. The molecule has 0 unspecified atom stereocenters. The molecule has 0 aliphatic carbocycles. The maximum absolute atomic E-state index is 11.8. The van der Waals surface area contributed by atoms with Crippen molar-refractivity contribution < 1.29 is 14.7 Å². The molecule has 2 atom stereocenters. The first-order valence-electron chi connectivity index (χ1n) is 7.02. The lowest BCUT2D eigenvalue weighted by atomic mass is 10.0. The molecule has 0 heterocycles. The molecule has 0 saturated heterocycles. The van der Waals surface area contributed by atoms with E-state index in [-0.39, 0.29) is 5.92 Å². The number of hydrogen-bond donors (Lipinski definition) is 5. The van der Waals surface area contributed by atoms with E-state index in [0.717, 1.165) is 0 Å². The Bertz CT molecular complexity index is 371. The van der Waals surface area contributed by atoms with Crippen molar-refractivity contribution in [3.8, 4) is 0 Å². The van der Waals surface area contributed by atoms with Gasteiger partial charge in [-0.25, -0.2) is 4.79 Å². The molecule has 0 aromatic carbocycles. The van der Waals surface area contributed by atoms with Crippen LogP contribution in [0.3, 0.4) is 0 Å². The fourth-order valence-corrected chi connectivity index (χ4v) is 1.75. The Morgan fingerprint density at radius 1 is 1.33 bits per heavy atom. The van der Waals surface area contributed by atoms with Crippen LogP contribution in [-0.4, -0.2) is 48.6 Å². The number of carboxylic acids is 1. The molecule has 7 N–H and O–H groups in total. The van der Waals surface area contributed by atoms with Crippen LogP contribution in [0, 0.1) is 5.92 Å². The third kappa shape index (κ3) is 8.85. The van der Waals surface area contributed by atoms with E-state index in [4.69, 9.17) is 16.6 Å². The second-order valence-electron chi connectivity index (χ2n) is 5.31. The Balaban J connectivity index is 4.24. The van der Waals surface area contributed by atoms with Gasteiger partial charge in [-0.05, 0) is 25.2 Å². The number of nitrogens with zero attached hydrogens (tertiary/aromatic N) is 1. The minimum absolute atomic E-state index is 0.273. The molecule has 0 aromatic heterocycles. The number of amides is 1. The summed E-state index contributed by atoms with van der Waals surface area (Å²) >= 11 is 0. The summed E-state index contributed by atoms with van der Waals surface area (Å²) in [5.74, 6) is -0.935. The molecule has 0 radical (unpaired) electrons. The van der Waals surface area contributed by atoms with Gasteiger partial charge in [0.05, 0.1) is 6.04 Å². The Morgan fingerprint density at radius 2 is 1.95 bits per heavy atom. The van der Waals surface area contributed by atoms with Crippen LogP contribution in [0.15, 0.2) is 4.99 Å². The third-order valence-corrected chi connectivity index (χ3v) is 2.89. The van der Waals surface area contributed by atoms with Gasteiger partial charge in [-0.1, -0.05) is 13.8 Å². The number of carbonyl (C=O) groups excluding carboxylic acids is 1. The number of hydrogen-bond acceptors (Lipinski definition) is 4. The molecule has 0 aliphatic rings. The maximum atomic E-state index is 11.8. The molecule has 0 fully saturated rings. The van der Waals surface area contributed by atoms with Crippen LogP contribution in [0.2, 0.25) is 0 Å². The Labute approximate surface area is 125 Å². The van der Waals surface area contributed by atoms with Crippen LogP contribution in [0.4, 0.5) is 0 Å². The zero-order valence-electron chi connectivity index (χ0n) is 12.9. The van der Waals surface area contributed by atoms with E-state index in [1.165, 1.54) is 0 Å². The van der Waals surface area contributed by atoms with E-state index >= 15 is 0 Å². The molecule has 122 valence electrons. The van der Waals surface area contributed by atoms with Crippen molar-refractivity contribution in [2.24, 2.45) is 22.4 Å². The Morgan fingerprint density at radius 3 is 2.43 bits per heavy atom. The average Bonchev–Trinajstić information content (AvgIpc) is 2.40. The van der Waals surface area contributed by atoms with Crippen molar-refractivity contribution in [1.29, 1.82) is 0 Å². The van der Waals surface area contributed by atoms with Crippen LogP contribution in [0.25, 0.3) is 0 Å². The monoisotopic (exact) mass is 301 g/mol. The molecule has 1 amide bonds. The van der Waals surface area contributed by atoms with Gasteiger partial charge in [-0.15, -0.1) is 0 Å². The van der Waals surface area contributed by atoms with Gasteiger partial charge in [0.25, 0.3) is 0 Å². The highest BCUT2D eigenvalue weighted by Crippen LogP contribution is 2.04. The summed E-state index contributed by atoms with van der Waals surface area (Å²) < 4.78 is 0. The van der Waals surface area contributed by atoms with Crippen LogP contribution >= 0.6 is 0 Å². The summed E-state index contributed by atoms with van der Waals surface area (Å²) in [5.41, 5.74) is 11.2. The van der Waals surface area contributed by atoms with Gasteiger partial charge in [0.15, 0.2) is 5.96 Å². The van der Waals surface area contributed by atoms with E-state index in [0.29, 0.717) is 31.8 Å². The van der Waals surface area contributed by atoms with E-state index < -0.39 is 24.0 Å². The first-order chi connectivity index (χ1) is 9.77. The predicted molar refractivity (Wildman–Crippen MR) is 81.8 cm³/mol. The number of carboxylic acid groups (broad SMARTS) is 1. The lowest BCUT2D eigenvalue weighted by Gasteiger charge is -2.19. The van der Waals surface area contributed by atoms with Crippen molar-refractivity contribution in [2.75, 3.05) is 13.6 Å². The summed E-state index contributed by atoms with van der Waals surface area (Å²) in [6, 6.07) is -1.63. The fraction of sp³-hybridized carbons (Fsp3) is 0.769. The fourth-order valence-electron chi connectivity index (χ4n) is 1.75. The van der Waals surface area contributed by atoms with Crippen molar-refractivity contribution in [2.45, 2.75) is 45.2 Å². The SMILES string of the molecule is CN=C(N)NCCC[C@H](NC(=O)[C@@H](N)CC(C)C)C(=O)O. The maximum Gasteiger partial charge on any atom is 0.326 e. The van der Waals surface area contributed by atoms with E-state index in [9.17, 15) is 9.59 Å². The van der Waals surface area contributed by atoms with E-state index in [1.54, 1.807) is 7.05 Å². The normalized spacial score (nSPS) is 14.6. The van der Waals surface area contributed by atoms with Gasteiger partial charge >= 0.3 is 5.97 Å². The van der Waals surface area contributed by atoms with Crippen LogP contribution in [0.5, 0.6) is 0 Å². The number of carbonyl (C=O) groups is 2. The first-order valence-corrected chi connectivity index (χ1v) is 7.02. The highest BCUT2D eigenvalue weighted by molar-refractivity contribution is 5.86. The highest BCUT2D eigenvalue weighted by Gasteiger charge is 2.23. The van der Waals surface area contributed by atoms with Crippen molar-refractivity contribution in [1.82, 2.24) is 10.6 Å². The second kappa shape index (κ2) is 9.98. The number of rotatable bonds is 9. The third-order valence-electron chi connectivity index (χ3n) is 2.89. The van der Waals surface area contributed by atoms with Gasteiger partial charge < -0.3 is 27.2 Å².